The van der Waals surface area contributed by atoms with Gasteiger partial charge in [-0.2, -0.15) is 0 Å². The van der Waals surface area contributed by atoms with Crippen molar-refractivity contribution in [3.8, 4) is 39.5 Å². The molecule has 0 spiro atoms. The van der Waals surface area contributed by atoms with Crippen molar-refractivity contribution < 1.29 is 36.9 Å². The first-order chi connectivity index (χ1) is 25.7. The summed E-state index contributed by atoms with van der Waals surface area (Å²) in [5, 5.41) is 0.672. The normalized spacial score (nSPS) is 14.5. The van der Waals surface area contributed by atoms with Crippen LogP contribution in [0.5, 0.6) is 0 Å². The molecule has 3 heterocycles. The van der Waals surface area contributed by atoms with Crippen molar-refractivity contribution in [1.29, 1.82) is 0 Å². The van der Waals surface area contributed by atoms with Gasteiger partial charge >= 0.3 is 0 Å². The van der Waals surface area contributed by atoms with E-state index < -0.39 is 20.6 Å². The molecule has 0 fully saturated rings. The summed E-state index contributed by atoms with van der Waals surface area (Å²) in [5.74, 6) is 0.648. The van der Waals surface area contributed by atoms with Crippen molar-refractivity contribution in [2.75, 3.05) is 0 Å². The predicted octanol–water partition coefficient (Wildman–Crippen LogP) is 10.4. The van der Waals surface area contributed by atoms with Gasteiger partial charge in [-0.1, -0.05) is 108 Å². The Morgan fingerprint density at radius 3 is 2.20 bits per heavy atom. The molecule has 227 valence electrons. The van der Waals surface area contributed by atoms with Gasteiger partial charge in [0, 0.05) is 56.2 Å². The van der Waals surface area contributed by atoms with Crippen LogP contribution in [0.15, 0.2) is 138 Å². The number of furan rings is 1. The third-order valence-electron chi connectivity index (χ3n) is 7.38. The maximum Gasteiger partial charge on any atom is 0.0774 e. The minimum absolute atomic E-state index is 0. The second kappa shape index (κ2) is 13.5. The van der Waals surface area contributed by atoms with Crippen molar-refractivity contribution in [2.24, 2.45) is 0 Å². The van der Waals surface area contributed by atoms with Crippen molar-refractivity contribution in [1.82, 2.24) is 14.5 Å². The second-order valence-electron chi connectivity index (χ2n) is 10.4. The zero-order valence-electron chi connectivity index (χ0n) is 33.3. The van der Waals surface area contributed by atoms with Crippen LogP contribution < -0.4 is 0 Å². The number of rotatable bonds is 4. The van der Waals surface area contributed by atoms with Gasteiger partial charge in [0.05, 0.1) is 16.9 Å². The molecule has 3 aromatic heterocycles. The topological polar surface area (TPSA) is 43.9 Å². The van der Waals surface area contributed by atoms with E-state index in [0.717, 1.165) is 27.8 Å². The number of fused-ring (bicyclic) bond motifs is 2. The number of nitrogens with zero attached hydrogens (tertiary/aromatic N) is 3. The zero-order valence-corrected chi connectivity index (χ0v) is 26.7. The number of pyridine rings is 1. The molecule has 0 aliphatic rings. The second-order valence-corrected chi connectivity index (χ2v) is 10.4. The van der Waals surface area contributed by atoms with E-state index in [0.29, 0.717) is 33.6 Å². The first kappa shape index (κ1) is 21.6. The summed E-state index contributed by atoms with van der Waals surface area (Å²) in [6, 6.07) is 41.8. The fourth-order valence-corrected chi connectivity index (χ4v) is 5.17. The Morgan fingerprint density at radius 2 is 1.46 bits per heavy atom. The van der Waals surface area contributed by atoms with Crippen LogP contribution in [0.25, 0.3) is 61.5 Å². The quantitative estimate of drug-likeness (QED) is 0.167. The summed E-state index contributed by atoms with van der Waals surface area (Å²) >= 11 is 0. The molecule has 0 aliphatic heterocycles. The average molecular weight is 783 g/mol. The third-order valence-corrected chi connectivity index (χ3v) is 7.38. The maximum atomic E-state index is 7.80. The van der Waals surface area contributed by atoms with E-state index in [-0.39, 0.29) is 36.8 Å². The molecule has 5 heteroatoms. The molecule has 0 amide bonds. The van der Waals surface area contributed by atoms with Crippen molar-refractivity contribution >= 4 is 22.0 Å². The molecule has 4 nitrogen and oxygen atoms in total. The van der Waals surface area contributed by atoms with Crippen LogP contribution in [0.3, 0.4) is 0 Å². The van der Waals surface area contributed by atoms with Crippen molar-refractivity contribution in [3.63, 3.8) is 0 Å². The average Bonchev–Trinajstić information content (AvgIpc) is 3.76. The number of imidazole rings is 1. The van der Waals surface area contributed by atoms with Gasteiger partial charge in [0.15, 0.2) is 0 Å². The summed E-state index contributed by atoms with van der Waals surface area (Å²) in [5.41, 5.74) is 7.99. The van der Waals surface area contributed by atoms with Crippen LogP contribution in [0.1, 0.15) is 29.0 Å². The Morgan fingerprint density at radius 1 is 0.717 bits per heavy atom. The van der Waals surface area contributed by atoms with Crippen LogP contribution in [0.2, 0.25) is 0 Å². The molecule has 0 saturated heterocycles. The Labute approximate surface area is 295 Å². The summed E-state index contributed by atoms with van der Waals surface area (Å²) in [6.45, 7) is -6.55. The van der Waals surface area contributed by atoms with E-state index in [9.17, 15) is 0 Å². The van der Waals surface area contributed by atoms with Crippen LogP contribution in [0.4, 0.5) is 0 Å². The molecule has 1 radical (unpaired) electrons. The predicted molar refractivity (Wildman–Crippen MR) is 183 cm³/mol. The fourth-order valence-electron chi connectivity index (χ4n) is 5.17. The molecule has 8 rings (SSSR count). The van der Waals surface area contributed by atoms with Crippen molar-refractivity contribution in [3.05, 3.63) is 163 Å². The molecular formula is C41H31IrN3O-2. The van der Waals surface area contributed by atoms with Crippen LogP contribution in [0, 0.1) is 32.9 Å². The molecule has 0 unspecified atom stereocenters. The number of hydrogen-bond donors (Lipinski definition) is 0. The Kier molecular flexibility index (Phi) is 6.34. The van der Waals surface area contributed by atoms with E-state index in [4.69, 9.17) is 21.7 Å². The molecule has 0 atom stereocenters. The minimum Gasteiger partial charge on any atom is -0.557 e. The minimum atomic E-state index is -2.21. The van der Waals surface area contributed by atoms with Gasteiger partial charge in [-0.15, -0.1) is 35.4 Å². The largest absolute Gasteiger partial charge is 0.557 e. The Bertz CT molecular complexity index is 2480. The summed E-state index contributed by atoms with van der Waals surface area (Å²) in [4.78, 5) is 8.96. The van der Waals surface area contributed by atoms with Crippen molar-refractivity contribution in [2.45, 2.75) is 20.6 Å². The van der Waals surface area contributed by atoms with E-state index in [1.807, 2.05) is 42.5 Å². The summed E-state index contributed by atoms with van der Waals surface area (Å²) in [7, 11) is 0. The molecule has 0 N–H and O–H groups in total. The van der Waals surface area contributed by atoms with Crippen LogP contribution in [-0.2, 0) is 20.1 Å². The third kappa shape index (κ3) is 6.34. The van der Waals surface area contributed by atoms with E-state index >= 15 is 0 Å². The van der Waals surface area contributed by atoms with E-state index in [2.05, 4.69) is 58.3 Å². The SMILES string of the molecule is [2H]C([2H])([2H])c1c[c-]c(-c2ccc(C([2H])([2H])[2H])cn2)cc1.[2H]C([2H])([2H])c1ccc2o[c-]c(-c3nc4ccccc4n3-c3ccc(-c4ccccc4)cc3)c2c1.[Ir]. The first-order valence-corrected chi connectivity index (χ1v) is 14.2. The zero-order chi connectivity index (χ0) is 38.3. The van der Waals surface area contributed by atoms with Gasteiger partial charge in [0.25, 0.3) is 0 Å². The van der Waals surface area contributed by atoms with Gasteiger partial charge < -0.3 is 14.0 Å². The van der Waals surface area contributed by atoms with Gasteiger partial charge in [0.2, 0.25) is 0 Å². The monoisotopic (exact) mass is 783 g/mol. The van der Waals surface area contributed by atoms with E-state index in [1.54, 1.807) is 30.3 Å². The molecular weight excluding hydrogens is 743 g/mol. The van der Waals surface area contributed by atoms with Crippen LogP contribution >= 0.6 is 0 Å². The molecule has 0 aliphatic carbocycles. The Balaban J connectivity index is 0.000000211. The number of hydrogen-bond acceptors (Lipinski definition) is 3. The molecule has 46 heavy (non-hydrogen) atoms. The van der Waals surface area contributed by atoms with Crippen LogP contribution in [-0.4, -0.2) is 14.5 Å². The smallest absolute Gasteiger partial charge is 0.0774 e. The summed E-state index contributed by atoms with van der Waals surface area (Å²) < 4.78 is 74.8. The number of aromatic nitrogens is 3. The Hall–Kier alpha value is -5.09. The molecule has 5 aromatic carbocycles. The number of para-hydroxylation sites is 2. The van der Waals surface area contributed by atoms with Gasteiger partial charge in [-0.25, -0.2) is 0 Å². The standard InChI is InChI=1S/C28H19N2O.C13H12N.Ir/c1-19-11-16-27-23(17-19)24(18-31-27)28-29-25-9-5-6-10-26(25)30(28)22-14-12-21(13-15-22)20-7-3-2-4-8-20;1-10-3-6-12(7-4-10)13-8-5-11(2)9-14-13;/h2-17H,1H3;3-6,8-9H,1-2H3;/q2*-1;/i1D3;1D3,2D3;. The number of aryl methyl sites for hydroxylation is 3. The van der Waals surface area contributed by atoms with Gasteiger partial charge in [0.1, 0.15) is 0 Å². The van der Waals surface area contributed by atoms with E-state index in [1.165, 1.54) is 24.4 Å². The molecule has 0 saturated carbocycles. The molecule has 0 bridgehead atoms. The van der Waals surface area contributed by atoms with Gasteiger partial charge in [-0.3, -0.25) is 4.98 Å². The summed E-state index contributed by atoms with van der Waals surface area (Å²) in [6.07, 6.45) is 4.27. The molecule has 8 aromatic rings. The maximum absolute atomic E-state index is 7.80. The number of benzene rings is 5. The van der Waals surface area contributed by atoms with Gasteiger partial charge in [-0.05, 0) is 60.4 Å². The fraction of sp³-hybridized carbons (Fsp3) is 0.0732. The first-order valence-electron chi connectivity index (χ1n) is 18.7.